The molecule has 34 heavy (non-hydrogen) atoms. The standard InChI is InChI=1S/C26H35N3O5/c1-33-22-7-5-20(6-8-22)21-18-24(30)23(25(31)19-21)4-2-3-9-27-10-12-28(13-11-27)26(32)29-14-16-34-17-15-29/h4-8,21H,2-3,9-19H2,1H3. The van der Waals surface area contributed by atoms with Gasteiger partial charge in [0.25, 0.3) is 0 Å². The van der Waals surface area contributed by atoms with Crippen molar-refractivity contribution in [2.24, 2.45) is 0 Å². The molecule has 0 aromatic heterocycles. The molecule has 0 atom stereocenters. The van der Waals surface area contributed by atoms with E-state index in [1.807, 2.05) is 40.1 Å². The van der Waals surface area contributed by atoms with E-state index in [9.17, 15) is 14.4 Å². The number of ketones is 2. The second-order valence-electron chi connectivity index (χ2n) is 9.20. The molecule has 2 amide bonds. The molecule has 1 aromatic carbocycles. The number of carbonyl (C=O) groups excluding carboxylic acids is 3. The van der Waals surface area contributed by atoms with Gasteiger partial charge < -0.3 is 19.3 Å². The Hall–Kier alpha value is -2.71. The first-order valence-corrected chi connectivity index (χ1v) is 12.3. The Balaban J connectivity index is 1.19. The number of benzene rings is 1. The van der Waals surface area contributed by atoms with E-state index < -0.39 is 0 Å². The number of morpholine rings is 1. The van der Waals surface area contributed by atoms with E-state index in [0.717, 1.165) is 50.5 Å². The molecule has 1 aromatic rings. The van der Waals surface area contributed by atoms with Gasteiger partial charge in [-0.05, 0) is 43.0 Å². The molecule has 4 rings (SSSR count). The number of rotatable bonds is 6. The maximum absolute atomic E-state index is 12.7. The van der Waals surface area contributed by atoms with Gasteiger partial charge in [-0.1, -0.05) is 18.2 Å². The summed E-state index contributed by atoms with van der Waals surface area (Å²) >= 11 is 0. The molecule has 3 aliphatic rings. The summed E-state index contributed by atoms with van der Waals surface area (Å²) in [7, 11) is 1.62. The number of hydrogen-bond acceptors (Lipinski definition) is 6. The number of Topliss-reactive ketones (excluding diaryl/α,β-unsaturated/α-hetero) is 2. The van der Waals surface area contributed by atoms with Crippen LogP contribution in [0.4, 0.5) is 4.79 Å². The zero-order chi connectivity index (χ0) is 23.9. The number of methoxy groups -OCH3 is 1. The van der Waals surface area contributed by atoms with Crippen LogP contribution in [0, 0.1) is 0 Å². The molecular weight excluding hydrogens is 434 g/mol. The van der Waals surface area contributed by atoms with Gasteiger partial charge in [0, 0.05) is 52.1 Å². The molecule has 0 N–H and O–H groups in total. The molecule has 2 saturated heterocycles. The predicted molar refractivity (Wildman–Crippen MR) is 128 cm³/mol. The van der Waals surface area contributed by atoms with Crippen LogP contribution in [-0.2, 0) is 14.3 Å². The highest BCUT2D eigenvalue weighted by atomic mass is 16.5. The number of allylic oxidation sites excluding steroid dienone is 2. The highest BCUT2D eigenvalue weighted by molar-refractivity contribution is 6.22. The van der Waals surface area contributed by atoms with Crippen molar-refractivity contribution in [2.45, 2.75) is 31.6 Å². The van der Waals surface area contributed by atoms with Crippen molar-refractivity contribution < 1.29 is 23.9 Å². The maximum atomic E-state index is 12.7. The maximum Gasteiger partial charge on any atom is 0.320 e. The minimum absolute atomic E-state index is 0.0488. The minimum Gasteiger partial charge on any atom is -0.497 e. The smallest absolute Gasteiger partial charge is 0.320 e. The van der Waals surface area contributed by atoms with E-state index in [0.29, 0.717) is 51.1 Å². The summed E-state index contributed by atoms with van der Waals surface area (Å²) in [6, 6.07) is 7.73. The third-order valence-electron chi connectivity index (χ3n) is 7.00. The van der Waals surface area contributed by atoms with Gasteiger partial charge in [-0.3, -0.25) is 14.5 Å². The number of unbranched alkanes of at least 4 members (excludes halogenated alkanes) is 1. The van der Waals surface area contributed by atoms with Gasteiger partial charge in [0.1, 0.15) is 5.75 Å². The SMILES string of the molecule is COc1ccc(C2CC(=O)C(=CCCCN3CCN(C(=O)N4CCOCC4)CC3)C(=O)C2)cc1. The first-order valence-electron chi connectivity index (χ1n) is 12.3. The van der Waals surface area contributed by atoms with Crippen LogP contribution in [-0.4, -0.2) is 98.4 Å². The zero-order valence-corrected chi connectivity index (χ0v) is 20.0. The Morgan fingerprint density at radius 1 is 0.971 bits per heavy atom. The first kappa shape index (κ1) is 24.4. The molecule has 0 radical (unpaired) electrons. The average molecular weight is 470 g/mol. The molecule has 8 heteroatoms. The summed E-state index contributed by atoms with van der Waals surface area (Å²) in [6.07, 6.45) is 4.20. The molecule has 0 spiro atoms. The molecular formula is C26H35N3O5. The van der Waals surface area contributed by atoms with Crippen LogP contribution >= 0.6 is 0 Å². The quantitative estimate of drug-likeness (QED) is 0.362. The van der Waals surface area contributed by atoms with Gasteiger partial charge in [0.15, 0.2) is 11.6 Å². The van der Waals surface area contributed by atoms with Gasteiger partial charge in [-0.15, -0.1) is 0 Å². The number of amides is 2. The second-order valence-corrected chi connectivity index (χ2v) is 9.20. The van der Waals surface area contributed by atoms with Gasteiger partial charge in [0.2, 0.25) is 0 Å². The van der Waals surface area contributed by atoms with Crippen molar-refractivity contribution in [1.82, 2.24) is 14.7 Å². The molecule has 1 saturated carbocycles. The Kier molecular flexibility index (Phi) is 8.34. The number of nitrogens with zero attached hydrogens (tertiary/aromatic N) is 3. The fraction of sp³-hybridized carbons (Fsp3) is 0.577. The van der Waals surface area contributed by atoms with E-state index in [1.165, 1.54) is 0 Å². The van der Waals surface area contributed by atoms with Gasteiger partial charge in [0.05, 0.1) is 25.9 Å². The third kappa shape index (κ3) is 6.04. The van der Waals surface area contributed by atoms with Crippen molar-refractivity contribution in [3.05, 3.63) is 41.5 Å². The molecule has 2 aliphatic heterocycles. The molecule has 3 fully saturated rings. The highest BCUT2D eigenvalue weighted by Gasteiger charge is 2.31. The van der Waals surface area contributed by atoms with Crippen LogP contribution in [0.2, 0.25) is 0 Å². The lowest BCUT2D eigenvalue weighted by molar-refractivity contribution is -0.124. The number of ether oxygens (including phenoxy) is 2. The number of carbonyl (C=O) groups is 3. The highest BCUT2D eigenvalue weighted by Crippen LogP contribution is 2.32. The van der Waals surface area contributed by atoms with Crippen LogP contribution < -0.4 is 4.74 Å². The van der Waals surface area contributed by atoms with Crippen molar-refractivity contribution >= 4 is 17.6 Å². The zero-order valence-electron chi connectivity index (χ0n) is 20.0. The van der Waals surface area contributed by atoms with Gasteiger partial charge in [-0.2, -0.15) is 0 Å². The van der Waals surface area contributed by atoms with E-state index in [-0.39, 0.29) is 23.5 Å². The summed E-state index contributed by atoms with van der Waals surface area (Å²) in [5.41, 5.74) is 1.39. The predicted octanol–water partition coefficient (Wildman–Crippen LogP) is 2.49. The Labute approximate surface area is 201 Å². The van der Waals surface area contributed by atoms with Gasteiger partial charge in [-0.25, -0.2) is 4.79 Å². The molecule has 8 nitrogen and oxygen atoms in total. The molecule has 2 heterocycles. The van der Waals surface area contributed by atoms with E-state index in [2.05, 4.69) is 4.90 Å². The number of hydrogen-bond donors (Lipinski definition) is 0. The molecule has 0 bridgehead atoms. The lowest BCUT2D eigenvalue weighted by Gasteiger charge is -2.38. The summed E-state index contributed by atoms with van der Waals surface area (Å²) in [4.78, 5) is 44.1. The minimum atomic E-state index is -0.0560. The molecule has 1 aliphatic carbocycles. The molecule has 184 valence electrons. The second kappa shape index (κ2) is 11.6. The summed E-state index contributed by atoms with van der Waals surface area (Å²) < 4.78 is 10.5. The van der Waals surface area contributed by atoms with E-state index >= 15 is 0 Å². The summed E-state index contributed by atoms with van der Waals surface area (Å²) in [5, 5.41) is 0. The summed E-state index contributed by atoms with van der Waals surface area (Å²) in [5.74, 6) is 0.613. The third-order valence-corrected chi connectivity index (χ3v) is 7.00. The van der Waals surface area contributed by atoms with Crippen LogP contribution in [0.25, 0.3) is 0 Å². The lowest BCUT2D eigenvalue weighted by Crippen LogP contribution is -2.54. The normalized spacial score (nSPS) is 22.1. The Bertz CT molecular complexity index is 880. The molecule has 0 unspecified atom stereocenters. The van der Waals surface area contributed by atoms with E-state index in [1.54, 1.807) is 7.11 Å². The largest absolute Gasteiger partial charge is 0.497 e. The van der Waals surface area contributed by atoms with Crippen molar-refractivity contribution in [2.75, 3.05) is 66.1 Å². The van der Waals surface area contributed by atoms with Crippen LogP contribution in [0.3, 0.4) is 0 Å². The Morgan fingerprint density at radius 3 is 2.21 bits per heavy atom. The van der Waals surface area contributed by atoms with Crippen molar-refractivity contribution in [3.8, 4) is 5.75 Å². The van der Waals surface area contributed by atoms with Crippen molar-refractivity contribution in [1.29, 1.82) is 0 Å². The first-order chi connectivity index (χ1) is 16.5. The summed E-state index contributed by atoms with van der Waals surface area (Å²) in [6.45, 7) is 6.67. The average Bonchev–Trinajstić information content (AvgIpc) is 2.88. The topological polar surface area (TPSA) is 79.4 Å². The van der Waals surface area contributed by atoms with Gasteiger partial charge >= 0.3 is 6.03 Å². The number of urea groups is 1. The lowest BCUT2D eigenvalue weighted by atomic mass is 9.79. The Morgan fingerprint density at radius 2 is 1.59 bits per heavy atom. The number of piperazine rings is 1. The fourth-order valence-electron chi connectivity index (χ4n) is 4.91. The van der Waals surface area contributed by atoms with Crippen LogP contribution in [0.5, 0.6) is 5.75 Å². The van der Waals surface area contributed by atoms with Crippen molar-refractivity contribution in [3.63, 3.8) is 0 Å². The van der Waals surface area contributed by atoms with Crippen LogP contribution in [0.1, 0.15) is 37.2 Å². The van der Waals surface area contributed by atoms with E-state index in [4.69, 9.17) is 9.47 Å². The fourth-order valence-corrected chi connectivity index (χ4v) is 4.91. The monoisotopic (exact) mass is 469 g/mol. The van der Waals surface area contributed by atoms with Crippen LogP contribution in [0.15, 0.2) is 35.9 Å².